The fourth-order valence-corrected chi connectivity index (χ4v) is 3.21. The first-order chi connectivity index (χ1) is 12.9. The highest BCUT2D eigenvalue weighted by Gasteiger charge is 2.20. The summed E-state index contributed by atoms with van der Waals surface area (Å²) in [6, 6.07) is 5.89. The summed E-state index contributed by atoms with van der Waals surface area (Å²) in [5.41, 5.74) is 2.65. The van der Waals surface area contributed by atoms with Gasteiger partial charge in [-0.2, -0.15) is 5.26 Å². The number of rotatable bonds is 5. The predicted octanol–water partition coefficient (Wildman–Crippen LogP) is 3.73. The number of hydrogen-bond acceptors (Lipinski definition) is 4. The summed E-state index contributed by atoms with van der Waals surface area (Å²) in [5, 5.41) is 8.96. The molecule has 0 N–H and O–H groups in total. The molecule has 0 aliphatic rings. The number of ketones is 1. The molecule has 7 heteroatoms. The molecule has 0 bridgehead atoms. The van der Waals surface area contributed by atoms with Gasteiger partial charge in [0.2, 0.25) is 0 Å². The molecule has 0 atom stereocenters. The largest absolute Gasteiger partial charge is 0.494 e. The molecule has 1 aromatic carbocycles. The van der Waals surface area contributed by atoms with Crippen molar-refractivity contribution in [3.05, 3.63) is 64.1 Å². The summed E-state index contributed by atoms with van der Waals surface area (Å²) in [6.45, 7) is 3.49. The Morgan fingerprint density at radius 2 is 2.04 bits per heavy atom. The Labute approximate surface area is 154 Å². The van der Waals surface area contributed by atoms with Gasteiger partial charge in [0.25, 0.3) is 5.78 Å². The van der Waals surface area contributed by atoms with Crippen LogP contribution in [-0.4, -0.2) is 22.3 Å². The number of aromatic nitrogens is 2. The van der Waals surface area contributed by atoms with E-state index in [0.29, 0.717) is 17.8 Å². The minimum absolute atomic E-state index is 0.0145. The Balaban J connectivity index is 2.05. The number of pyridine rings is 1. The Kier molecular flexibility index (Phi) is 4.91. The Bertz CT molecular complexity index is 1100. The van der Waals surface area contributed by atoms with E-state index in [-0.39, 0.29) is 23.4 Å². The van der Waals surface area contributed by atoms with E-state index in [1.807, 2.05) is 13.0 Å². The number of halogens is 2. The van der Waals surface area contributed by atoms with Crippen LogP contribution in [0.3, 0.4) is 0 Å². The number of carbonyl (C=O) groups is 1. The molecule has 0 radical (unpaired) electrons. The number of fused-ring (bicyclic) bond motifs is 1. The van der Waals surface area contributed by atoms with Crippen molar-refractivity contribution in [2.75, 3.05) is 7.11 Å². The van der Waals surface area contributed by atoms with Gasteiger partial charge in [0.15, 0.2) is 11.6 Å². The van der Waals surface area contributed by atoms with Crippen molar-refractivity contribution in [3.8, 4) is 11.8 Å². The van der Waals surface area contributed by atoms with Crippen LogP contribution in [-0.2, 0) is 12.8 Å². The summed E-state index contributed by atoms with van der Waals surface area (Å²) in [4.78, 5) is 16.3. The average molecular weight is 369 g/mol. The maximum atomic E-state index is 14.4. The van der Waals surface area contributed by atoms with E-state index in [1.165, 1.54) is 19.2 Å². The molecule has 0 fully saturated rings. The van der Waals surface area contributed by atoms with Gasteiger partial charge in [-0.1, -0.05) is 6.07 Å². The maximum absolute atomic E-state index is 14.4. The van der Waals surface area contributed by atoms with E-state index in [9.17, 15) is 13.6 Å². The third kappa shape index (κ3) is 3.26. The Morgan fingerprint density at radius 3 is 2.70 bits per heavy atom. The minimum atomic E-state index is -0.721. The summed E-state index contributed by atoms with van der Waals surface area (Å²) in [7, 11) is 1.32. The van der Waals surface area contributed by atoms with Crippen molar-refractivity contribution in [1.29, 1.82) is 5.26 Å². The van der Waals surface area contributed by atoms with Crippen molar-refractivity contribution >= 4 is 11.4 Å². The van der Waals surface area contributed by atoms with Crippen LogP contribution in [0.2, 0.25) is 0 Å². The molecule has 0 spiro atoms. The smallest absolute Gasteiger partial charge is 0.280 e. The summed E-state index contributed by atoms with van der Waals surface area (Å²) in [5.74, 6) is -2.06. The molecule has 0 aliphatic carbocycles. The van der Waals surface area contributed by atoms with Crippen molar-refractivity contribution < 1.29 is 18.3 Å². The molecule has 0 unspecified atom stereocenters. The van der Waals surface area contributed by atoms with Crippen LogP contribution in [0.4, 0.5) is 8.78 Å². The van der Waals surface area contributed by atoms with Gasteiger partial charge in [-0.3, -0.25) is 9.20 Å². The van der Waals surface area contributed by atoms with Crippen molar-refractivity contribution in [1.82, 2.24) is 9.38 Å². The van der Waals surface area contributed by atoms with Crippen LogP contribution in [0, 0.1) is 36.8 Å². The van der Waals surface area contributed by atoms with Crippen molar-refractivity contribution in [2.45, 2.75) is 26.7 Å². The Hall–Kier alpha value is -3.27. The summed E-state index contributed by atoms with van der Waals surface area (Å²) >= 11 is 0. The van der Waals surface area contributed by atoms with Crippen molar-refractivity contribution in [2.24, 2.45) is 0 Å². The zero-order chi connectivity index (χ0) is 19.7. The zero-order valence-corrected chi connectivity index (χ0v) is 15.1. The van der Waals surface area contributed by atoms with Crippen LogP contribution in [0.1, 0.15) is 32.9 Å². The van der Waals surface area contributed by atoms with Crippen LogP contribution in [0.25, 0.3) is 5.65 Å². The first-order valence-electron chi connectivity index (χ1n) is 8.30. The number of nitrogens with zero attached hydrogens (tertiary/aromatic N) is 3. The average Bonchev–Trinajstić information content (AvgIpc) is 2.96. The highest BCUT2D eigenvalue weighted by Crippen LogP contribution is 2.26. The van der Waals surface area contributed by atoms with E-state index in [1.54, 1.807) is 23.6 Å². The number of benzene rings is 1. The lowest BCUT2D eigenvalue weighted by atomic mass is 10.0. The molecule has 27 heavy (non-hydrogen) atoms. The van der Waals surface area contributed by atoms with Gasteiger partial charge in [-0.25, -0.2) is 13.8 Å². The van der Waals surface area contributed by atoms with Crippen LogP contribution in [0.5, 0.6) is 5.75 Å². The molecule has 2 aromatic heterocycles. The third-order valence-corrected chi connectivity index (χ3v) is 4.44. The fourth-order valence-electron chi connectivity index (χ4n) is 3.21. The number of ether oxygens (including phenoxy) is 1. The number of imidazole rings is 1. The van der Waals surface area contributed by atoms with E-state index in [0.717, 1.165) is 11.1 Å². The van der Waals surface area contributed by atoms with E-state index in [2.05, 4.69) is 4.98 Å². The van der Waals surface area contributed by atoms with Crippen LogP contribution >= 0.6 is 0 Å². The quantitative estimate of drug-likeness (QED) is 0.508. The molecule has 138 valence electrons. The molecule has 5 nitrogen and oxygen atoms in total. The van der Waals surface area contributed by atoms with E-state index < -0.39 is 17.4 Å². The molecular weight excluding hydrogens is 352 g/mol. The first-order valence-corrected chi connectivity index (χ1v) is 8.30. The summed E-state index contributed by atoms with van der Waals surface area (Å²) in [6.07, 6.45) is 2.13. The normalized spacial score (nSPS) is 10.8. The second-order valence-corrected chi connectivity index (χ2v) is 6.27. The van der Waals surface area contributed by atoms with Gasteiger partial charge in [0, 0.05) is 11.8 Å². The molecule has 0 aliphatic heterocycles. The first kappa shape index (κ1) is 18.5. The van der Waals surface area contributed by atoms with Gasteiger partial charge < -0.3 is 4.74 Å². The molecule has 3 aromatic rings. The van der Waals surface area contributed by atoms with Gasteiger partial charge >= 0.3 is 0 Å². The number of Topliss-reactive ketones (excluding diaryl/α,β-unsaturated/α-hetero) is 1. The molecule has 2 heterocycles. The number of aryl methyl sites for hydroxylation is 3. The highest BCUT2D eigenvalue weighted by atomic mass is 19.1. The molecular formula is C20H17F2N3O2. The highest BCUT2D eigenvalue weighted by molar-refractivity contribution is 6.07. The fraction of sp³-hybridized carbons (Fsp3) is 0.250. The SMILES string of the molecule is COc1ccc(F)c(CCc2cc(C)cn3c(C(=O)C#N)c(C)nc23)c1F. The standard InChI is InChI=1S/C20H17F2N3O2/c1-11-8-13(4-5-14-15(21)6-7-17(27-3)18(14)22)20-24-12(2)19(16(26)9-23)25(20)10-11/h6-8,10H,4-5H2,1-3H3. The van der Waals surface area contributed by atoms with Gasteiger partial charge in [-0.05, 0) is 49.9 Å². The molecule has 0 saturated heterocycles. The topological polar surface area (TPSA) is 67.4 Å². The lowest BCUT2D eigenvalue weighted by molar-refractivity contribution is 0.104. The second-order valence-electron chi connectivity index (χ2n) is 6.27. The minimum Gasteiger partial charge on any atom is -0.494 e. The molecule has 0 saturated carbocycles. The summed E-state index contributed by atoms with van der Waals surface area (Å²) < 4.78 is 35.0. The van der Waals surface area contributed by atoms with Crippen LogP contribution in [0.15, 0.2) is 24.4 Å². The van der Waals surface area contributed by atoms with E-state index in [4.69, 9.17) is 10.00 Å². The van der Waals surface area contributed by atoms with Gasteiger partial charge in [0.1, 0.15) is 23.2 Å². The van der Waals surface area contributed by atoms with Crippen molar-refractivity contribution in [3.63, 3.8) is 0 Å². The third-order valence-electron chi connectivity index (χ3n) is 4.44. The number of methoxy groups -OCH3 is 1. The van der Waals surface area contributed by atoms with Gasteiger partial charge in [-0.15, -0.1) is 0 Å². The second kappa shape index (κ2) is 7.16. The van der Waals surface area contributed by atoms with E-state index >= 15 is 0 Å². The van der Waals surface area contributed by atoms with Gasteiger partial charge in [0.05, 0.1) is 12.8 Å². The number of hydrogen-bond donors (Lipinski definition) is 0. The number of carbonyl (C=O) groups excluding carboxylic acids is 1. The lowest BCUT2D eigenvalue weighted by Crippen LogP contribution is -2.05. The number of nitriles is 1. The Morgan fingerprint density at radius 1 is 1.30 bits per heavy atom. The molecule has 0 amide bonds. The van der Waals surface area contributed by atoms with Crippen LogP contribution < -0.4 is 4.74 Å². The zero-order valence-electron chi connectivity index (χ0n) is 15.1. The maximum Gasteiger partial charge on any atom is 0.280 e. The molecule has 3 rings (SSSR count). The predicted molar refractivity (Wildman–Crippen MR) is 94.9 cm³/mol. The lowest BCUT2D eigenvalue weighted by Gasteiger charge is -2.10. The monoisotopic (exact) mass is 369 g/mol.